The molecule has 0 heterocycles. The fraction of sp³-hybridized carbons (Fsp3) is 0.235. The van der Waals surface area contributed by atoms with Crippen LogP contribution in [0.25, 0.3) is 0 Å². The summed E-state index contributed by atoms with van der Waals surface area (Å²) in [6.07, 6.45) is 3.28. The van der Waals surface area contributed by atoms with Crippen LogP contribution in [0.3, 0.4) is 0 Å². The maximum absolute atomic E-state index is 11.4. The third-order valence-electron chi connectivity index (χ3n) is 4.35. The predicted molar refractivity (Wildman–Crippen MR) is 98.8 cm³/mol. The van der Waals surface area contributed by atoms with E-state index in [-0.39, 0.29) is 10.6 Å². The van der Waals surface area contributed by atoms with Crippen LogP contribution in [0.2, 0.25) is 0 Å². The van der Waals surface area contributed by atoms with E-state index in [1.807, 2.05) is 6.07 Å². The molecule has 0 atom stereocenters. The molecular formula is C17H18N4O4S. The molecule has 0 spiro atoms. The van der Waals surface area contributed by atoms with Crippen molar-refractivity contribution in [2.75, 3.05) is 5.43 Å². The Morgan fingerprint density at radius 2 is 1.92 bits per heavy atom. The second-order valence-corrected chi connectivity index (χ2v) is 7.69. The third-order valence-corrected chi connectivity index (χ3v) is 5.27. The van der Waals surface area contributed by atoms with Gasteiger partial charge in [0.2, 0.25) is 10.0 Å². The standard InChI is InChI=1S/C17H18N4O4S/c1-11(13-6-5-12-3-2-4-14(12)9-13)19-20-16-8-7-15(26(18,24)25)10-17(16)21(22)23/h5-10,20H,2-4H2,1H3,(H2,18,24,25)/b19-11-. The molecule has 1 aliphatic carbocycles. The number of nitrogens with zero attached hydrogens (tertiary/aromatic N) is 2. The Hall–Kier alpha value is -2.78. The monoisotopic (exact) mass is 374 g/mol. The zero-order valence-corrected chi connectivity index (χ0v) is 14.9. The van der Waals surface area contributed by atoms with Crippen molar-refractivity contribution < 1.29 is 13.3 Å². The fourth-order valence-corrected chi connectivity index (χ4v) is 3.47. The molecule has 0 aromatic heterocycles. The zero-order chi connectivity index (χ0) is 18.9. The van der Waals surface area contributed by atoms with E-state index in [1.165, 1.54) is 23.3 Å². The van der Waals surface area contributed by atoms with Crippen molar-refractivity contribution in [3.05, 3.63) is 63.2 Å². The van der Waals surface area contributed by atoms with Crippen molar-refractivity contribution in [2.45, 2.75) is 31.1 Å². The van der Waals surface area contributed by atoms with Gasteiger partial charge in [-0.05, 0) is 61.1 Å². The van der Waals surface area contributed by atoms with Crippen molar-refractivity contribution in [1.82, 2.24) is 0 Å². The highest BCUT2D eigenvalue weighted by Crippen LogP contribution is 2.27. The maximum atomic E-state index is 11.4. The number of aryl methyl sites for hydroxylation is 2. The highest BCUT2D eigenvalue weighted by molar-refractivity contribution is 7.89. The van der Waals surface area contributed by atoms with Gasteiger partial charge < -0.3 is 0 Å². The van der Waals surface area contributed by atoms with Gasteiger partial charge in [0.25, 0.3) is 5.69 Å². The summed E-state index contributed by atoms with van der Waals surface area (Å²) in [4.78, 5) is 10.2. The largest absolute Gasteiger partial charge is 0.295 e. The zero-order valence-electron chi connectivity index (χ0n) is 14.1. The summed E-state index contributed by atoms with van der Waals surface area (Å²) in [7, 11) is -4.02. The molecule has 8 nitrogen and oxygen atoms in total. The number of sulfonamides is 1. The summed E-state index contributed by atoms with van der Waals surface area (Å²) in [6, 6.07) is 9.53. The minimum atomic E-state index is -4.02. The summed E-state index contributed by atoms with van der Waals surface area (Å²) in [5.74, 6) is 0. The molecule has 9 heteroatoms. The molecule has 3 N–H and O–H groups in total. The van der Waals surface area contributed by atoms with E-state index in [1.54, 1.807) is 6.92 Å². The number of anilines is 1. The van der Waals surface area contributed by atoms with Crippen LogP contribution in [0.4, 0.5) is 11.4 Å². The first-order valence-corrected chi connectivity index (χ1v) is 9.54. The summed E-state index contributed by atoms with van der Waals surface area (Å²) in [5, 5.41) is 20.5. The molecule has 0 bridgehead atoms. The molecule has 26 heavy (non-hydrogen) atoms. The van der Waals surface area contributed by atoms with Gasteiger partial charge in [-0.2, -0.15) is 5.10 Å². The number of hydrogen-bond acceptors (Lipinski definition) is 6. The van der Waals surface area contributed by atoms with Gasteiger partial charge in [-0.15, -0.1) is 0 Å². The Labute approximate surface area is 150 Å². The quantitative estimate of drug-likeness (QED) is 0.472. The Kier molecular flexibility index (Phi) is 4.75. The van der Waals surface area contributed by atoms with Crippen LogP contribution in [0.15, 0.2) is 46.4 Å². The third kappa shape index (κ3) is 3.73. The molecule has 0 aliphatic heterocycles. The van der Waals surface area contributed by atoms with Gasteiger partial charge in [-0.3, -0.25) is 15.5 Å². The van der Waals surface area contributed by atoms with Crippen molar-refractivity contribution in [2.24, 2.45) is 10.2 Å². The summed E-state index contributed by atoms with van der Waals surface area (Å²) >= 11 is 0. The fourth-order valence-electron chi connectivity index (χ4n) is 2.94. The highest BCUT2D eigenvalue weighted by atomic mass is 32.2. The van der Waals surface area contributed by atoms with Crippen LogP contribution in [0.5, 0.6) is 0 Å². The van der Waals surface area contributed by atoms with Crippen LogP contribution in [0.1, 0.15) is 30.0 Å². The van der Waals surface area contributed by atoms with Crippen LogP contribution in [-0.4, -0.2) is 19.1 Å². The number of nitrogens with one attached hydrogen (secondary N) is 1. The first kappa shape index (κ1) is 18.0. The lowest BCUT2D eigenvalue weighted by Crippen LogP contribution is -2.12. The smallest absolute Gasteiger partial charge is 0.271 e. The molecule has 1 aliphatic rings. The first-order valence-electron chi connectivity index (χ1n) is 7.99. The summed E-state index contributed by atoms with van der Waals surface area (Å²) in [5.41, 5.74) is 6.58. The van der Waals surface area contributed by atoms with Crippen molar-refractivity contribution in [3.8, 4) is 0 Å². The number of hydrazone groups is 1. The number of nitrogens with two attached hydrogens (primary N) is 1. The average Bonchev–Trinajstić information content (AvgIpc) is 3.06. The molecule has 0 radical (unpaired) electrons. The van der Waals surface area contributed by atoms with E-state index in [9.17, 15) is 18.5 Å². The maximum Gasteiger partial charge on any atom is 0.295 e. The molecule has 136 valence electrons. The Balaban J connectivity index is 1.88. The van der Waals surface area contributed by atoms with E-state index in [0.717, 1.165) is 30.9 Å². The lowest BCUT2D eigenvalue weighted by molar-refractivity contribution is -0.384. The Bertz CT molecular complexity index is 1020. The topological polar surface area (TPSA) is 128 Å². The number of rotatable bonds is 5. The summed E-state index contributed by atoms with van der Waals surface area (Å²) < 4.78 is 22.7. The van der Waals surface area contributed by atoms with Crippen LogP contribution >= 0.6 is 0 Å². The molecule has 2 aromatic carbocycles. The molecule has 3 rings (SSSR count). The lowest BCUT2D eigenvalue weighted by Gasteiger charge is -2.07. The minimum absolute atomic E-state index is 0.0860. The van der Waals surface area contributed by atoms with E-state index in [2.05, 4.69) is 22.7 Å². The van der Waals surface area contributed by atoms with Gasteiger partial charge in [-0.1, -0.05) is 12.1 Å². The number of fused-ring (bicyclic) bond motifs is 1. The van der Waals surface area contributed by atoms with Crippen molar-refractivity contribution >= 4 is 27.1 Å². The molecule has 2 aromatic rings. The lowest BCUT2D eigenvalue weighted by atomic mass is 10.0. The number of nitro groups is 1. The number of nitro benzene ring substituents is 1. The van der Waals surface area contributed by atoms with Gasteiger partial charge >= 0.3 is 0 Å². The average molecular weight is 374 g/mol. The number of primary sulfonamides is 1. The van der Waals surface area contributed by atoms with Crippen molar-refractivity contribution in [1.29, 1.82) is 0 Å². The van der Waals surface area contributed by atoms with Gasteiger partial charge in [0.15, 0.2) is 0 Å². The summed E-state index contributed by atoms with van der Waals surface area (Å²) in [6.45, 7) is 1.80. The first-order chi connectivity index (χ1) is 12.3. The van der Waals surface area contributed by atoms with Crippen LogP contribution in [-0.2, 0) is 22.9 Å². The van der Waals surface area contributed by atoms with Crippen LogP contribution in [0, 0.1) is 10.1 Å². The normalized spacial score (nSPS) is 14.2. The SMILES string of the molecule is C/C(=N/Nc1ccc(S(N)(=O)=O)cc1[N+](=O)[O-])c1ccc2c(c1)CCC2. The van der Waals surface area contributed by atoms with E-state index < -0.39 is 20.6 Å². The van der Waals surface area contributed by atoms with Gasteiger partial charge in [0.05, 0.1) is 15.5 Å². The van der Waals surface area contributed by atoms with Crippen LogP contribution < -0.4 is 10.6 Å². The number of benzene rings is 2. The Morgan fingerprint density at radius 3 is 2.62 bits per heavy atom. The molecular weight excluding hydrogens is 356 g/mol. The highest BCUT2D eigenvalue weighted by Gasteiger charge is 2.19. The van der Waals surface area contributed by atoms with Crippen molar-refractivity contribution in [3.63, 3.8) is 0 Å². The van der Waals surface area contributed by atoms with Gasteiger partial charge in [-0.25, -0.2) is 13.6 Å². The molecule has 0 saturated heterocycles. The minimum Gasteiger partial charge on any atom is -0.271 e. The second-order valence-electron chi connectivity index (χ2n) is 6.13. The predicted octanol–water partition coefficient (Wildman–Crippen LogP) is 2.57. The Morgan fingerprint density at radius 1 is 1.19 bits per heavy atom. The van der Waals surface area contributed by atoms with E-state index >= 15 is 0 Å². The number of hydrogen-bond donors (Lipinski definition) is 2. The molecule has 0 fully saturated rings. The second kappa shape index (κ2) is 6.85. The molecule has 0 unspecified atom stereocenters. The van der Waals surface area contributed by atoms with E-state index in [0.29, 0.717) is 5.71 Å². The van der Waals surface area contributed by atoms with E-state index in [4.69, 9.17) is 5.14 Å². The molecule has 0 amide bonds. The van der Waals surface area contributed by atoms with Gasteiger partial charge in [0.1, 0.15) is 5.69 Å². The van der Waals surface area contributed by atoms with Gasteiger partial charge in [0, 0.05) is 6.07 Å². The molecule has 0 saturated carbocycles.